The Morgan fingerprint density at radius 1 is 1.43 bits per heavy atom. The number of rotatable bonds is 5. The van der Waals surface area contributed by atoms with Crippen molar-refractivity contribution in [2.75, 3.05) is 18.2 Å². The van der Waals surface area contributed by atoms with Crippen LogP contribution in [0.4, 0.5) is 5.69 Å². The molecule has 0 fully saturated rings. The minimum absolute atomic E-state index is 0.192. The van der Waals surface area contributed by atoms with Crippen LogP contribution in [0.1, 0.15) is 33.3 Å². The summed E-state index contributed by atoms with van der Waals surface area (Å²) < 4.78 is 5.17. The van der Waals surface area contributed by atoms with E-state index in [0.29, 0.717) is 22.8 Å². The fraction of sp³-hybridized carbons (Fsp3) is 0.467. The predicted molar refractivity (Wildman–Crippen MR) is 81.0 cm³/mol. The van der Waals surface area contributed by atoms with Crippen molar-refractivity contribution in [1.29, 1.82) is 5.26 Å². The summed E-state index contributed by atoms with van der Waals surface area (Å²) in [6.07, 6.45) is 0. The molecule has 0 N–H and O–H groups in total. The van der Waals surface area contributed by atoms with Crippen molar-refractivity contribution in [1.82, 2.24) is 0 Å². The molecule has 0 unspecified atom stereocenters. The summed E-state index contributed by atoms with van der Waals surface area (Å²) >= 11 is 5.98. The molecule has 5 nitrogen and oxygen atoms in total. The number of nitriles is 1. The summed E-state index contributed by atoms with van der Waals surface area (Å²) in [5.74, 6) is -0.444. The zero-order valence-corrected chi connectivity index (χ0v) is 13.4. The minimum atomic E-state index is -0.546. The molecule has 6 heteroatoms. The summed E-state index contributed by atoms with van der Waals surface area (Å²) in [4.78, 5) is 17.1. The van der Waals surface area contributed by atoms with Crippen LogP contribution in [0.3, 0.4) is 0 Å². The van der Waals surface area contributed by atoms with Crippen molar-refractivity contribution in [2.45, 2.75) is 33.3 Å². The zero-order chi connectivity index (χ0) is 16.0. The molecule has 0 radical (unpaired) electrons. The highest BCUT2D eigenvalue weighted by Gasteiger charge is 2.18. The third-order valence-corrected chi connectivity index (χ3v) is 2.72. The van der Waals surface area contributed by atoms with Crippen molar-refractivity contribution in [3.63, 3.8) is 0 Å². The number of anilines is 1. The van der Waals surface area contributed by atoms with Gasteiger partial charge in [-0.05, 0) is 45.9 Å². The van der Waals surface area contributed by atoms with E-state index in [4.69, 9.17) is 26.4 Å². The summed E-state index contributed by atoms with van der Waals surface area (Å²) in [5, 5.41) is 10.7. The highest BCUT2D eigenvalue weighted by molar-refractivity contribution is 6.32. The van der Waals surface area contributed by atoms with Crippen LogP contribution >= 0.6 is 11.6 Å². The topological polar surface area (TPSA) is 62.6 Å². The molecule has 1 aromatic rings. The van der Waals surface area contributed by atoms with Crippen LogP contribution in [0.25, 0.3) is 0 Å². The van der Waals surface area contributed by atoms with Gasteiger partial charge < -0.3 is 4.74 Å². The molecule has 0 bridgehead atoms. The van der Waals surface area contributed by atoms with E-state index in [9.17, 15) is 4.79 Å². The number of esters is 1. The monoisotopic (exact) mass is 310 g/mol. The molecular formula is C15H19ClN2O3. The van der Waals surface area contributed by atoms with Gasteiger partial charge in [0.05, 0.1) is 16.3 Å². The third kappa shape index (κ3) is 5.62. The highest BCUT2D eigenvalue weighted by Crippen LogP contribution is 2.23. The maximum absolute atomic E-state index is 11.6. The second-order valence-corrected chi connectivity index (χ2v) is 5.74. The van der Waals surface area contributed by atoms with Gasteiger partial charge in [0.2, 0.25) is 0 Å². The maximum Gasteiger partial charge on any atom is 0.335 e. The SMILES string of the molecule is CCN(OCC(=O)OC(C)(C)C)c1ccc(C#N)c(Cl)c1. The lowest BCUT2D eigenvalue weighted by atomic mass is 10.2. The van der Waals surface area contributed by atoms with E-state index >= 15 is 0 Å². The van der Waals surface area contributed by atoms with E-state index in [0.717, 1.165) is 0 Å². The van der Waals surface area contributed by atoms with Crippen molar-refractivity contribution in [2.24, 2.45) is 0 Å². The number of halogens is 1. The number of hydrogen-bond donors (Lipinski definition) is 0. The summed E-state index contributed by atoms with van der Waals surface area (Å²) in [7, 11) is 0. The molecule has 0 atom stereocenters. The Balaban J connectivity index is 2.70. The first-order valence-corrected chi connectivity index (χ1v) is 6.96. The number of carbonyl (C=O) groups is 1. The molecule has 0 aromatic heterocycles. The molecule has 1 rings (SSSR count). The second-order valence-electron chi connectivity index (χ2n) is 5.33. The van der Waals surface area contributed by atoms with E-state index in [-0.39, 0.29) is 6.61 Å². The van der Waals surface area contributed by atoms with Gasteiger partial charge in [0.15, 0.2) is 6.61 Å². The van der Waals surface area contributed by atoms with Gasteiger partial charge >= 0.3 is 5.97 Å². The lowest BCUT2D eigenvalue weighted by Crippen LogP contribution is -2.31. The molecule has 1 aromatic carbocycles. The van der Waals surface area contributed by atoms with Crippen LogP contribution in [0.5, 0.6) is 0 Å². The van der Waals surface area contributed by atoms with E-state index in [2.05, 4.69) is 0 Å². The zero-order valence-electron chi connectivity index (χ0n) is 12.6. The van der Waals surface area contributed by atoms with E-state index in [1.165, 1.54) is 5.06 Å². The number of hydrogen-bond acceptors (Lipinski definition) is 5. The van der Waals surface area contributed by atoms with E-state index in [1.807, 2.05) is 13.0 Å². The van der Waals surface area contributed by atoms with E-state index in [1.54, 1.807) is 39.0 Å². The van der Waals surface area contributed by atoms with Gasteiger partial charge in [-0.3, -0.25) is 9.90 Å². The quantitative estimate of drug-likeness (QED) is 0.616. The first-order chi connectivity index (χ1) is 9.76. The fourth-order valence-corrected chi connectivity index (χ4v) is 1.82. The van der Waals surface area contributed by atoms with Crippen LogP contribution in [-0.2, 0) is 14.4 Å². The summed E-state index contributed by atoms with van der Waals surface area (Å²) in [5.41, 5.74) is 0.517. The van der Waals surface area contributed by atoms with Gasteiger partial charge in [-0.15, -0.1) is 0 Å². The molecule has 0 heterocycles. The van der Waals surface area contributed by atoms with E-state index < -0.39 is 11.6 Å². The minimum Gasteiger partial charge on any atom is -0.458 e. The number of ether oxygens (including phenoxy) is 1. The smallest absolute Gasteiger partial charge is 0.335 e. The van der Waals surface area contributed by atoms with Gasteiger partial charge in [0.25, 0.3) is 0 Å². The molecule has 0 aliphatic carbocycles. The molecule has 0 amide bonds. The van der Waals surface area contributed by atoms with Crippen molar-refractivity contribution in [3.05, 3.63) is 28.8 Å². The number of hydroxylamine groups is 1. The molecule has 0 saturated heterocycles. The molecule has 0 aliphatic heterocycles. The van der Waals surface area contributed by atoms with Gasteiger partial charge in [-0.2, -0.15) is 5.26 Å². The molecular weight excluding hydrogens is 292 g/mol. The Morgan fingerprint density at radius 2 is 2.10 bits per heavy atom. The first kappa shape index (κ1) is 17.3. The normalized spacial score (nSPS) is 10.9. The summed E-state index contributed by atoms with van der Waals surface area (Å²) in [6.45, 7) is 7.59. The van der Waals surface area contributed by atoms with Gasteiger partial charge in [0.1, 0.15) is 11.7 Å². The lowest BCUT2D eigenvalue weighted by Gasteiger charge is -2.24. The van der Waals surface area contributed by atoms with Crippen molar-refractivity contribution < 1.29 is 14.4 Å². The molecule has 21 heavy (non-hydrogen) atoms. The Bertz CT molecular complexity index is 547. The second kappa shape index (κ2) is 7.30. The van der Waals surface area contributed by atoms with Gasteiger partial charge in [0, 0.05) is 6.54 Å². The van der Waals surface area contributed by atoms with Gasteiger partial charge in [-0.25, -0.2) is 4.79 Å². The number of carbonyl (C=O) groups excluding carboxylic acids is 1. The Labute approximate surface area is 130 Å². The van der Waals surface area contributed by atoms with Crippen LogP contribution in [0.15, 0.2) is 18.2 Å². The van der Waals surface area contributed by atoms with Crippen LogP contribution in [0.2, 0.25) is 5.02 Å². The molecule has 114 valence electrons. The molecule has 0 saturated carbocycles. The first-order valence-electron chi connectivity index (χ1n) is 6.58. The third-order valence-electron chi connectivity index (χ3n) is 2.41. The van der Waals surface area contributed by atoms with Crippen LogP contribution in [-0.4, -0.2) is 24.7 Å². The average Bonchev–Trinajstić information content (AvgIpc) is 2.37. The van der Waals surface area contributed by atoms with Crippen molar-refractivity contribution in [3.8, 4) is 6.07 Å². The van der Waals surface area contributed by atoms with Crippen LogP contribution < -0.4 is 5.06 Å². The molecule has 0 aliphatic rings. The Hall–Kier alpha value is -1.77. The fourth-order valence-electron chi connectivity index (χ4n) is 1.60. The van der Waals surface area contributed by atoms with Crippen LogP contribution in [0, 0.1) is 11.3 Å². The van der Waals surface area contributed by atoms with Gasteiger partial charge in [-0.1, -0.05) is 11.6 Å². The Kier molecular flexibility index (Phi) is 6.01. The highest BCUT2D eigenvalue weighted by atomic mass is 35.5. The summed E-state index contributed by atoms with van der Waals surface area (Å²) in [6, 6.07) is 6.93. The molecule has 0 spiro atoms. The largest absolute Gasteiger partial charge is 0.458 e. The maximum atomic E-state index is 11.6. The van der Waals surface area contributed by atoms with Crippen molar-refractivity contribution >= 4 is 23.3 Å². The average molecular weight is 311 g/mol. The Morgan fingerprint density at radius 3 is 2.57 bits per heavy atom. The lowest BCUT2D eigenvalue weighted by molar-refractivity contribution is -0.160. The standard InChI is InChI=1S/C15H19ClN2O3/c1-5-18(20-10-14(19)21-15(2,3)4)12-7-6-11(9-17)13(16)8-12/h6-8H,5,10H2,1-4H3. The predicted octanol–water partition coefficient (Wildman–Crippen LogP) is 3.31. The number of nitrogens with zero attached hydrogens (tertiary/aromatic N) is 2. The number of benzene rings is 1.